The Morgan fingerprint density at radius 3 is 1.72 bits per heavy atom. The van der Waals surface area contributed by atoms with E-state index >= 15 is 0 Å². The second-order valence-corrected chi connectivity index (χ2v) is 8.31. The van der Waals surface area contributed by atoms with Gasteiger partial charge in [0.2, 0.25) is 0 Å². The number of hydrogen-bond acceptors (Lipinski definition) is 1. The van der Waals surface area contributed by atoms with Gasteiger partial charge in [-0.3, -0.25) is 0 Å². The van der Waals surface area contributed by atoms with Gasteiger partial charge < -0.3 is 4.74 Å². The third kappa shape index (κ3) is 7.66. The van der Waals surface area contributed by atoms with Crippen LogP contribution in [-0.2, 0) is 4.74 Å². The highest BCUT2D eigenvalue weighted by molar-refractivity contribution is 4.96. The molecule has 0 saturated heterocycles. The van der Waals surface area contributed by atoms with Gasteiger partial charge in [-0.2, -0.15) is 0 Å². The Hall–Kier alpha value is -0.600. The van der Waals surface area contributed by atoms with Crippen molar-refractivity contribution in [3.8, 4) is 0 Å². The van der Waals surface area contributed by atoms with Crippen molar-refractivity contribution in [1.29, 1.82) is 0 Å². The molecule has 0 aliphatic rings. The lowest BCUT2D eigenvalue weighted by atomic mass is 9.58. The van der Waals surface area contributed by atoms with E-state index in [0.717, 1.165) is 18.9 Å². The molecule has 150 valence electrons. The van der Waals surface area contributed by atoms with Crippen molar-refractivity contribution in [1.82, 2.24) is 0 Å². The number of alkyl halides is 2. The monoisotopic (exact) mass is 360 g/mol. The quantitative estimate of drug-likeness (QED) is 0.226. The normalized spacial score (nSPS) is 14.4. The lowest BCUT2D eigenvalue weighted by Gasteiger charge is -2.50. The Morgan fingerprint density at radius 1 is 0.800 bits per heavy atom. The van der Waals surface area contributed by atoms with Crippen molar-refractivity contribution in [2.45, 2.75) is 106 Å². The summed E-state index contributed by atoms with van der Waals surface area (Å²) in [5.74, 6) is 1.28. The van der Waals surface area contributed by atoms with E-state index in [1.54, 1.807) is 0 Å². The molecular formula is C22H42F2O. The summed E-state index contributed by atoms with van der Waals surface area (Å²) in [5.41, 5.74) is -0.0180. The van der Waals surface area contributed by atoms with Crippen LogP contribution in [0.5, 0.6) is 0 Å². The summed E-state index contributed by atoms with van der Waals surface area (Å²) in [7, 11) is 0. The molecule has 0 aromatic rings. The second kappa shape index (κ2) is 12.7. The van der Waals surface area contributed by atoms with E-state index in [2.05, 4.69) is 48.5 Å². The summed E-state index contributed by atoms with van der Waals surface area (Å²) < 4.78 is 31.0. The van der Waals surface area contributed by atoms with Crippen LogP contribution in [0.15, 0.2) is 12.3 Å². The zero-order valence-corrected chi connectivity index (χ0v) is 17.7. The van der Waals surface area contributed by atoms with Gasteiger partial charge in [0, 0.05) is 11.5 Å². The standard InChI is InChI=1S/C22H42F2O/c1-8-9-10-11-12-13-14-20(25-16-15-21(23)24)22(17(2)3,18(4)5)19(6)7/h15-21H,8-14H2,1-7H3. The first kappa shape index (κ1) is 24.4. The van der Waals surface area contributed by atoms with Crippen molar-refractivity contribution in [2.24, 2.45) is 23.2 Å². The highest BCUT2D eigenvalue weighted by Gasteiger charge is 2.47. The maximum absolute atomic E-state index is 12.5. The van der Waals surface area contributed by atoms with E-state index in [1.165, 1.54) is 38.4 Å². The Balaban J connectivity index is 5.16. The zero-order chi connectivity index (χ0) is 19.5. The molecule has 0 N–H and O–H groups in total. The molecule has 0 radical (unpaired) electrons. The van der Waals surface area contributed by atoms with Gasteiger partial charge in [0.15, 0.2) is 0 Å². The molecule has 3 heteroatoms. The summed E-state index contributed by atoms with van der Waals surface area (Å²) in [6.45, 7) is 15.7. The molecule has 0 fully saturated rings. The minimum Gasteiger partial charge on any atom is -0.498 e. The van der Waals surface area contributed by atoms with Crippen molar-refractivity contribution in [3.05, 3.63) is 12.3 Å². The molecule has 1 nitrogen and oxygen atoms in total. The number of allylic oxidation sites excluding steroid dienone is 1. The van der Waals surface area contributed by atoms with Crippen LogP contribution in [0.2, 0.25) is 0 Å². The van der Waals surface area contributed by atoms with Crippen LogP contribution < -0.4 is 0 Å². The Morgan fingerprint density at radius 2 is 1.28 bits per heavy atom. The zero-order valence-electron chi connectivity index (χ0n) is 17.7. The van der Waals surface area contributed by atoms with Crippen LogP contribution in [0, 0.1) is 23.2 Å². The fraction of sp³-hybridized carbons (Fsp3) is 0.909. The van der Waals surface area contributed by atoms with Crippen molar-refractivity contribution in [3.63, 3.8) is 0 Å². The number of halogens is 2. The molecule has 0 spiro atoms. The average Bonchev–Trinajstić information content (AvgIpc) is 2.49. The van der Waals surface area contributed by atoms with Gasteiger partial charge in [-0.15, -0.1) is 0 Å². The molecule has 1 unspecified atom stereocenters. The van der Waals surface area contributed by atoms with Crippen LogP contribution in [0.1, 0.15) is 93.4 Å². The minimum absolute atomic E-state index is 0.0180. The smallest absolute Gasteiger partial charge is 0.260 e. The predicted octanol–water partition coefficient (Wildman–Crippen LogP) is 7.86. The van der Waals surface area contributed by atoms with Gasteiger partial charge in [0.25, 0.3) is 6.43 Å². The van der Waals surface area contributed by atoms with E-state index in [4.69, 9.17) is 4.74 Å². The molecule has 25 heavy (non-hydrogen) atoms. The number of hydrogen-bond donors (Lipinski definition) is 0. The van der Waals surface area contributed by atoms with Gasteiger partial charge in [0.1, 0.15) is 6.10 Å². The van der Waals surface area contributed by atoms with Crippen LogP contribution >= 0.6 is 0 Å². The maximum Gasteiger partial charge on any atom is 0.260 e. The highest BCUT2D eigenvalue weighted by Crippen LogP contribution is 2.48. The molecule has 0 bridgehead atoms. The van der Waals surface area contributed by atoms with E-state index in [1.807, 2.05) is 0 Å². The fourth-order valence-electron chi connectivity index (χ4n) is 4.86. The first-order valence-corrected chi connectivity index (χ1v) is 10.3. The second-order valence-electron chi connectivity index (χ2n) is 8.31. The van der Waals surface area contributed by atoms with E-state index < -0.39 is 6.43 Å². The molecule has 0 aromatic heterocycles. The van der Waals surface area contributed by atoms with E-state index in [-0.39, 0.29) is 11.5 Å². The summed E-state index contributed by atoms with van der Waals surface area (Å²) in [5, 5.41) is 0. The van der Waals surface area contributed by atoms with Crippen LogP contribution in [0.25, 0.3) is 0 Å². The molecule has 0 aliphatic carbocycles. The third-order valence-corrected chi connectivity index (χ3v) is 5.84. The lowest BCUT2D eigenvalue weighted by molar-refractivity contribution is -0.0913. The molecule has 1 atom stereocenters. The van der Waals surface area contributed by atoms with E-state index in [9.17, 15) is 8.78 Å². The minimum atomic E-state index is -2.46. The van der Waals surface area contributed by atoms with Gasteiger partial charge in [-0.05, 0) is 30.6 Å². The molecular weight excluding hydrogens is 318 g/mol. The van der Waals surface area contributed by atoms with Crippen molar-refractivity contribution in [2.75, 3.05) is 0 Å². The summed E-state index contributed by atoms with van der Waals surface area (Å²) in [4.78, 5) is 0. The van der Waals surface area contributed by atoms with Gasteiger partial charge in [-0.1, -0.05) is 80.6 Å². The fourth-order valence-corrected chi connectivity index (χ4v) is 4.86. The molecule has 0 rings (SSSR count). The summed E-state index contributed by atoms with van der Waals surface area (Å²) in [6, 6.07) is 0. The topological polar surface area (TPSA) is 9.23 Å². The maximum atomic E-state index is 12.5. The summed E-state index contributed by atoms with van der Waals surface area (Å²) in [6.07, 6.45) is 7.96. The molecule has 0 aliphatic heterocycles. The molecule has 0 amide bonds. The average molecular weight is 361 g/mol. The first-order chi connectivity index (χ1) is 11.7. The third-order valence-electron chi connectivity index (χ3n) is 5.84. The van der Waals surface area contributed by atoms with Crippen molar-refractivity contribution >= 4 is 0 Å². The number of ether oxygens (including phenoxy) is 1. The Kier molecular flexibility index (Phi) is 12.4. The molecule has 0 heterocycles. The summed E-state index contributed by atoms with van der Waals surface area (Å²) >= 11 is 0. The van der Waals surface area contributed by atoms with Crippen LogP contribution in [0.4, 0.5) is 8.78 Å². The highest BCUT2D eigenvalue weighted by atomic mass is 19.3. The lowest BCUT2D eigenvalue weighted by Crippen LogP contribution is -2.49. The predicted molar refractivity (Wildman–Crippen MR) is 105 cm³/mol. The first-order valence-electron chi connectivity index (χ1n) is 10.3. The van der Waals surface area contributed by atoms with Crippen molar-refractivity contribution < 1.29 is 13.5 Å². The Bertz CT molecular complexity index is 326. The molecule has 0 saturated carbocycles. The Labute approximate surface area is 155 Å². The number of unbranched alkanes of at least 4 members (excludes halogenated alkanes) is 5. The largest absolute Gasteiger partial charge is 0.498 e. The van der Waals surface area contributed by atoms with Crippen LogP contribution in [-0.4, -0.2) is 12.5 Å². The number of rotatable bonds is 14. The van der Waals surface area contributed by atoms with Gasteiger partial charge >= 0.3 is 0 Å². The van der Waals surface area contributed by atoms with Gasteiger partial charge in [-0.25, -0.2) is 8.78 Å². The molecule has 0 aromatic carbocycles. The van der Waals surface area contributed by atoms with E-state index in [0.29, 0.717) is 17.8 Å². The van der Waals surface area contributed by atoms with Gasteiger partial charge in [0.05, 0.1) is 6.26 Å². The van der Waals surface area contributed by atoms with Crippen LogP contribution in [0.3, 0.4) is 0 Å². The SMILES string of the molecule is CCCCCCCCC(OC=CC(F)F)C(C(C)C)(C(C)C)C(C)C.